The number of nitrogens with zero attached hydrogens (tertiary/aromatic N) is 1. The average Bonchev–Trinajstić information content (AvgIpc) is 2.41. The standard InChI is InChI=1S/C13H12BrN3O3/c1-20-10-3-2-7(6-9(10)14)17-12-11(15)8(13(18)19)4-5-16-12/h2-6H,15H2,1H3,(H,16,17)(H,18,19). The summed E-state index contributed by atoms with van der Waals surface area (Å²) < 4.78 is 5.89. The minimum absolute atomic E-state index is 0.00933. The van der Waals surface area contributed by atoms with Crippen LogP contribution < -0.4 is 15.8 Å². The van der Waals surface area contributed by atoms with E-state index >= 15 is 0 Å². The predicted octanol–water partition coefficient (Wildman–Crippen LogP) is 2.88. The van der Waals surface area contributed by atoms with Gasteiger partial charge >= 0.3 is 5.97 Å². The number of aromatic carboxylic acids is 1. The first kappa shape index (κ1) is 14.1. The Kier molecular flexibility index (Phi) is 4.09. The van der Waals surface area contributed by atoms with Gasteiger partial charge in [0.15, 0.2) is 5.82 Å². The molecular formula is C13H12BrN3O3. The molecule has 6 nitrogen and oxygen atoms in total. The Morgan fingerprint density at radius 2 is 2.20 bits per heavy atom. The van der Waals surface area contributed by atoms with Gasteiger partial charge in [-0.1, -0.05) is 0 Å². The maximum atomic E-state index is 11.0. The van der Waals surface area contributed by atoms with Gasteiger partial charge in [-0.3, -0.25) is 0 Å². The fourth-order valence-corrected chi connectivity index (χ4v) is 2.18. The van der Waals surface area contributed by atoms with E-state index in [2.05, 4.69) is 26.2 Å². The molecule has 4 N–H and O–H groups in total. The second-order valence-electron chi connectivity index (χ2n) is 3.90. The molecule has 1 aromatic heterocycles. The van der Waals surface area contributed by atoms with Gasteiger partial charge in [0.1, 0.15) is 5.75 Å². The van der Waals surface area contributed by atoms with Crippen LogP contribution in [0.25, 0.3) is 0 Å². The van der Waals surface area contributed by atoms with Gasteiger partial charge in [-0.05, 0) is 40.2 Å². The fraction of sp³-hybridized carbons (Fsp3) is 0.0769. The first-order valence-corrected chi connectivity index (χ1v) is 6.40. The Bertz CT molecular complexity index is 661. The van der Waals surface area contributed by atoms with Crippen molar-refractivity contribution < 1.29 is 14.6 Å². The van der Waals surface area contributed by atoms with Gasteiger partial charge in [-0.15, -0.1) is 0 Å². The first-order chi connectivity index (χ1) is 9.52. The number of nitrogens with one attached hydrogen (secondary N) is 1. The van der Waals surface area contributed by atoms with Gasteiger partial charge in [-0.2, -0.15) is 0 Å². The lowest BCUT2D eigenvalue weighted by atomic mass is 10.2. The Morgan fingerprint density at radius 3 is 2.80 bits per heavy atom. The number of rotatable bonds is 4. The summed E-state index contributed by atoms with van der Waals surface area (Å²) in [6, 6.07) is 6.68. The van der Waals surface area contributed by atoms with Crippen molar-refractivity contribution in [3.8, 4) is 5.75 Å². The summed E-state index contributed by atoms with van der Waals surface area (Å²) in [5.41, 5.74) is 6.59. The minimum Gasteiger partial charge on any atom is -0.496 e. The van der Waals surface area contributed by atoms with Gasteiger partial charge in [-0.25, -0.2) is 9.78 Å². The lowest BCUT2D eigenvalue weighted by Gasteiger charge is -2.11. The molecule has 0 aliphatic heterocycles. The van der Waals surface area contributed by atoms with Crippen LogP contribution in [0.15, 0.2) is 34.9 Å². The summed E-state index contributed by atoms with van der Waals surface area (Å²) in [4.78, 5) is 15.0. The molecule has 1 aromatic carbocycles. The van der Waals surface area contributed by atoms with Crippen LogP contribution in [0.1, 0.15) is 10.4 Å². The molecule has 0 radical (unpaired) electrons. The van der Waals surface area contributed by atoms with Crippen LogP contribution in [0.3, 0.4) is 0 Å². The summed E-state index contributed by atoms with van der Waals surface area (Å²) in [7, 11) is 1.57. The molecular weight excluding hydrogens is 326 g/mol. The highest BCUT2D eigenvalue weighted by molar-refractivity contribution is 9.10. The van der Waals surface area contributed by atoms with Gasteiger partial charge in [0, 0.05) is 11.9 Å². The highest BCUT2D eigenvalue weighted by Gasteiger charge is 2.12. The molecule has 0 unspecified atom stereocenters. The van der Waals surface area contributed by atoms with Crippen LogP contribution >= 0.6 is 15.9 Å². The van der Waals surface area contributed by atoms with Crippen molar-refractivity contribution in [1.29, 1.82) is 0 Å². The molecule has 2 aromatic rings. The number of methoxy groups -OCH3 is 1. The van der Waals surface area contributed by atoms with Crippen molar-refractivity contribution in [1.82, 2.24) is 4.98 Å². The van der Waals surface area contributed by atoms with E-state index in [0.717, 1.165) is 4.47 Å². The second kappa shape index (κ2) is 5.79. The molecule has 0 spiro atoms. The zero-order chi connectivity index (χ0) is 14.7. The molecule has 7 heteroatoms. The van der Waals surface area contributed by atoms with Crippen molar-refractivity contribution in [2.75, 3.05) is 18.2 Å². The average molecular weight is 338 g/mol. The van der Waals surface area contributed by atoms with E-state index < -0.39 is 5.97 Å². The maximum absolute atomic E-state index is 11.0. The molecule has 20 heavy (non-hydrogen) atoms. The number of hydrogen-bond donors (Lipinski definition) is 3. The van der Waals surface area contributed by atoms with E-state index in [1.165, 1.54) is 12.3 Å². The zero-order valence-corrected chi connectivity index (χ0v) is 12.1. The summed E-state index contributed by atoms with van der Waals surface area (Å²) in [5, 5.41) is 12.0. The summed E-state index contributed by atoms with van der Waals surface area (Å²) in [5.74, 6) is -0.110. The van der Waals surface area contributed by atoms with E-state index in [-0.39, 0.29) is 11.3 Å². The summed E-state index contributed by atoms with van der Waals surface area (Å²) >= 11 is 3.37. The molecule has 1 heterocycles. The molecule has 0 saturated heterocycles. The van der Waals surface area contributed by atoms with E-state index in [4.69, 9.17) is 15.6 Å². The van der Waals surface area contributed by atoms with Crippen LogP contribution in [-0.4, -0.2) is 23.2 Å². The van der Waals surface area contributed by atoms with Crippen LogP contribution in [0.2, 0.25) is 0 Å². The number of carboxylic acid groups (broad SMARTS) is 1. The normalized spacial score (nSPS) is 10.1. The zero-order valence-electron chi connectivity index (χ0n) is 10.6. The van der Waals surface area contributed by atoms with E-state index in [1.807, 2.05) is 0 Å². The largest absolute Gasteiger partial charge is 0.496 e. The van der Waals surface area contributed by atoms with Crippen LogP contribution in [0.4, 0.5) is 17.2 Å². The third-order valence-corrected chi connectivity index (χ3v) is 3.25. The molecule has 0 saturated carbocycles. The number of nitrogen functional groups attached to an aromatic ring is 1. The highest BCUT2D eigenvalue weighted by atomic mass is 79.9. The number of aromatic nitrogens is 1. The number of carboxylic acids is 1. The Balaban J connectivity index is 2.33. The molecule has 0 atom stereocenters. The van der Waals surface area contributed by atoms with Gasteiger partial charge in [0.25, 0.3) is 0 Å². The summed E-state index contributed by atoms with van der Waals surface area (Å²) in [6.45, 7) is 0. The van der Waals surface area contributed by atoms with Crippen molar-refractivity contribution in [3.05, 3.63) is 40.5 Å². The van der Waals surface area contributed by atoms with Crippen molar-refractivity contribution in [2.24, 2.45) is 0 Å². The van der Waals surface area contributed by atoms with Crippen LogP contribution in [0, 0.1) is 0 Å². The van der Waals surface area contributed by atoms with Gasteiger partial charge in [0.05, 0.1) is 22.8 Å². The number of benzene rings is 1. The van der Waals surface area contributed by atoms with Crippen LogP contribution in [-0.2, 0) is 0 Å². The third-order valence-electron chi connectivity index (χ3n) is 2.64. The lowest BCUT2D eigenvalue weighted by molar-refractivity contribution is 0.0698. The highest BCUT2D eigenvalue weighted by Crippen LogP contribution is 2.30. The smallest absolute Gasteiger partial charge is 0.337 e. The molecule has 104 valence electrons. The first-order valence-electron chi connectivity index (χ1n) is 5.61. The fourth-order valence-electron chi connectivity index (χ4n) is 1.64. The quantitative estimate of drug-likeness (QED) is 0.793. The topological polar surface area (TPSA) is 97.5 Å². The number of halogens is 1. The summed E-state index contributed by atoms with van der Waals surface area (Å²) in [6.07, 6.45) is 1.39. The van der Waals surface area contributed by atoms with Crippen molar-refractivity contribution >= 4 is 39.1 Å². The monoisotopic (exact) mass is 337 g/mol. The van der Waals surface area contributed by atoms with E-state index in [9.17, 15) is 4.79 Å². The lowest BCUT2D eigenvalue weighted by Crippen LogP contribution is -2.07. The Labute approximate surface area is 123 Å². The number of nitrogens with two attached hydrogens (primary N) is 1. The van der Waals surface area contributed by atoms with Crippen molar-refractivity contribution in [2.45, 2.75) is 0 Å². The number of ether oxygens (including phenoxy) is 1. The molecule has 0 bridgehead atoms. The number of carbonyl (C=O) groups is 1. The molecule has 2 rings (SSSR count). The molecule has 0 aliphatic carbocycles. The van der Waals surface area contributed by atoms with Gasteiger partial charge < -0.3 is 20.9 Å². The molecule has 0 aliphatic rings. The molecule has 0 amide bonds. The SMILES string of the molecule is COc1ccc(Nc2nccc(C(=O)O)c2N)cc1Br. The number of anilines is 3. The number of hydrogen-bond acceptors (Lipinski definition) is 5. The van der Waals surface area contributed by atoms with Gasteiger partial charge in [0.2, 0.25) is 0 Å². The van der Waals surface area contributed by atoms with Crippen molar-refractivity contribution in [3.63, 3.8) is 0 Å². The predicted molar refractivity (Wildman–Crippen MR) is 79.6 cm³/mol. The van der Waals surface area contributed by atoms with E-state index in [0.29, 0.717) is 17.3 Å². The third kappa shape index (κ3) is 2.83. The van der Waals surface area contributed by atoms with Crippen LogP contribution in [0.5, 0.6) is 5.75 Å². The van der Waals surface area contributed by atoms with E-state index in [1.54, 1.807) is 25.3 Å². The maximum Gasteiger partial charge on any atom is 0.337 e. The second-order valence-corrected chi connectivity index (χ2v) is 4.75. The number of pyridine rings is 1. The Hall–Kier alpha value is -2.28. The Morgan fingerprint density at radius 1 is 1.45 bits per heavy atom. The molecule has 0 fully saturated rings. The minimum atomic E-state index is -1.09.